The van der Waals surface area contributed by atoms with E-state index in [0.29, 0.717) is 23.9 Å². The number of aromatic amines is 1. The lowest BCUT2D eigenvalue weighted by atomic mass is 10.1. The largest absolute Gasteiger partial charge is 0.497 e. The molecule has 0 spiro atoms. The van der Waals surface area contributed by atoms with Crippen molar-refractivity contribution >= 4 is 5.91 Å². The fraction of sp³-hybridized carbons (Fsp3) is 0.429. The van der Waals surface area contributed by atoms with Gasteiger partial charge in [-0.3, -0.25) is 9.89 Å². The summed E-state index contributed by atoms with van der Waals surface area (Å²) in [7, 11) is 1.63. The summed E-state index contributed by atoms with van der Waals surface area (Å²) in [5.74, 6) is 3.59. The number of benzene rings is 1. The topological polar surface area (TPSA) is 106 Å². The van der Waals surface area contributed by atoms with Crippen molar-refractivity contribution in [1.29, 1.82) is 0 Å². The van der Waals surface area contributed by atoms with E-state index in [-0.39, 0.29) is 24.3 Å². The first-order valence-electron chi connectivity index (χ1n) is 9.80. The first-order valence-corrected chi connectivity index (χ1v) is 9.80. The van der Waals surface area contributed by atoms with Crippen LogP contribution >= 0.6 is 0 Å². The molecule has 2 atom stereocenters. The zero-order valence-corrected chi connectivity index (χ0v) is 17.2. The Hall–Kier alpha value is -3.16. The Morgan fingerprint density at radius 1 is 1.28 bits per heavy atom. The van der Waals surface area contributed by atoms with Crippen LogP contribution in [-0.2, 0) is 11.2 Å². The van der Waals surface area contributed by atoms with Gasteiger partial charge in [0, 0.05) is 24.3 Å². The van der Waals surface area contributed by atoms with Crippen LogP contribution < -0.4 is 10.1 Å². The third-order valence-electron chi connectivity index (χ3n) is 4.85. The third kappa shape index (κ3) is 5.22. The quantitative estimate of drug-likeness (QED) is 0.569. The summed E-state index contributed by atoms with van der Waals surface area (Å²) in [4.78, 5) is 21.0. The van der Waals surface area contributed by atoms with Crippen molar-refractivity contribution in [2.45, 2.75) is 52.0 Å². The summed E-state index contributed by atoms with van der Waals surface area (Å²) < 4.78 is 10.9. The van der Waals surface area contributed by atoms with Crippen LogP contribution in [0.3, 0.4) is 0 Å². The van der Waals surface area contributed by atoms with E-state index < -0.39 is 0 Å². The van der Waals surface area contributed by atoms with Crippen LogP contribution in [0.15, 0.2) is 34.9 Å². The van der Waals surface area contributed by atoms with Crippen molar-refractivity contribution in [2.24, 2.45) is 0 Å². The number of methoxy groups -OCH3 is 1. The van der Waals surface area contributed by atoms with Gasteiger partial charge >= 0.3 is 0 Å². The van der Waals surface area contributed by atoms with Gasteiger partial charge in [-0.2, -0.15) is 5.10 Å². The number of hydrogen-bond acceptors (Lipinski definition) is 6. The second-order valence-electron chi connectivity index (χ2n) is 7.02. The van der Waals surface area contributed by atoms with Gasteiger partial charge in [-0.15, -0.1) is 0 Å². The van der Waals surface area contributed by atoms with Gasteiger partial charge < -0.3 is 14.5 Å². The first-order chi connectivity index (χ1) is 14.0. The minimum absolute atomic E-state index is 0.0943. The minimum atomic E-state index is -0.243. The fourth-order valence-electron chi connectivity index (χ4n) is 2.80. The Balaban J connectivity index is 1.51. The molecule has 0 aliphatic rings. The zero-order chi connectivity index (χ0) is 20.8. The van der Waals surface area contributed by atoms with Gasteiger partial charge in [-0.05, 0) is 37.6 Å². The standard InChI is InChI=1S/C21H27N5O3/c1-5-13(2)20-24-21(26-25-20)14(3)23-18(27)10-11-19-22-12-17(29-19)15-6-8-16(28-4)9-7-15/h6-9,12-14H,5,10-11H2,1-4H3,(H,23,27)(H,24,25,26)/t13-,14-/m0/s1. The highest BCUT2D eigenvalue weighted by molar-refractivity contribution is 5.76. The van der Waals surface area contributed by atoms with E-state index in [4.69, 9.17) is 9.15 Å². The van der Waals surface area contributed by atoms with E-state index in [9.17, 15) is 4.79 Å². The van der Waals surface area contributed by atoms with Crippen LogP contribution in [0.1, 0.15) is 63.1 Å². The Bertz CT molecular complexity index is 932. The maximum Gasteiger partial charge on any atom is 0.221 e. The molecule has 2 heterocycles. The number of rotatable bonds is 9. The lowest BCUT2D eigenvalue weighted by Gasteiger charge is -2.10. The normalized spacial score (nSPS) is 13.1. The summed E-state index contributed by atoms with van der Waals surface area (Å²) in [6.07, 6.45) is 3.33. The summed E-state index contributed by atoms with van der Waals surface area (Å²) in [6, 6.07) is 7.29. The molecular weight excluding hydrogens is 370 g/mol. The number of aryl methyl sites for hydroxylation is 1. The minimum Gasteiger partial charge on any atom is -0.497 e. The van der Waals surface area contributed by atoms with Crippen molar-refractivity contribution < 1.29 is 13.9 Å². The summed E-state index contributed by atoms with van der Waals surface area (Å²) in [6.45, 7) is 6.05. The summed E-state index contributed by atoms with van der Waals surface area (Å²) >= 11 is 0. The zero-order valence-electron chi connectivity index (χ0n) is 17.2. The van der Waals surface area contributed by atoms with Crippen molar-refractivity contribution in [1.82, 2.24) is 25.5 Å². The van der Waals surface area contributed by atoms with E-state index in [0.717, 1.165) is 23.6 Å². The molecule has 0 saturated heterocycles. The molecule has 0 aliphatic heterocycles. The second kappa shape index (κ2) is 9.36. The molecule has 0 radical (unpaired) electrons. The van der Waals surface area contributed by atoms with E-state index in [1.54, 1.807) is 13.3 Å². The van der Waals surface area contributed by atoms with E-state index in [2.05, 4.69) is 39.3 Å². The van der Waals surface area contributed by atoms with Gasteiger partial charge in [0.2, 0.25) is 5.91 Å². The predicted molar refractivity (Wildman–Crippen MR) is 108 cm³/mol. The van der Waals surface area contributed by atoms with Gasteiger partial charge in [-0.25, -0.2) is 9.97 Å². The molecule has 3 aromatic rings. The molecule has 8 nitrogen and oxygen atoms in total. The van der Waals surface area contributed by atoms with Gasteiger partial charge in [0.25, 0.3) is 0 Å². The molecule has 0 bridgehead atoms. The van der Waals surface area contributed by atoms with Crippen LogP contribution in [0.2, 0.25) is 0 Å². The van der Waals surface area contributed by atoms with E-state index in [1.807, 2.05) is 31.2 Å². The Kier molecular flexibility index (Phi) is 6.64. The molecule has 0 saturated carbocycles. The van der Waals surface area contributed by atoms with Gasteiger partial charge in [0.15, 0.2) is 17.5 Å². The number of carbonyl (C=O) groups excluding carboxylic acids is 1. The average Bonchev–Trinajstić information content (AvgIpc) is 3.42. The molecule has 0 aliphatic carbocycles. The number of hydrogen-bond donors (Lipinski definition) is 2. The highest BCUT2D eigenvalue weighted by Gasteiger charge is 2.17. The van der Waals surface area contributed by atoms with Gasteiger partial charge in [0.1, 0.15) is 11.6 Å². The van der Waals surface area contributed by atoms with E-state index >= 15 is 0 Å². The Labute approximate surface area is 170 Å². The van der Waals surface area contributed by atoms with Crippen LogP contribution in [0.5, 0.6) is 5.75 Å². The molecule has 1 amide bonds. The van der Waals surface area contributed by atoms with Crippen molar-refractivity contribution in [3.05, 3.63) is 48.0 Å². The van der Waals surface area contributed by atoms with Gasteiger partial charge in [-0.1, -0.05) is 13.8 Å². The molecule has 2 N–H and O–H groups in total. The molecule has 1 aromatic carbocycles. The lowest BCUT2D eigenvalue weighted by molar-refractivity contribution is -0.121. The third-order valence-corrected chi connectivity index (χ3v) is 4.85. The summed E-state index contributed by atoms with van der Waals surface area (Å²) in [5.41, 5.74) is 0.907. The van der Waals surface area contributed by atoms with Gasteiger partial charge in [0.05, 0.1) is 19.3 Å². The van der Waals surface area contributed by atoms with Crippen molar-refractivity contribution in [2.75, 3.05) is 7.11 Å². The number of aromatic nitrogens is 4. The number of oxazole rings is 1. The monoisotopic (exact) mass is 397 g/mol. The maximum atomic E-state index is 12.3. The van der Waals surface area contributed by atoms with Crippen LogP contribution in [0, 0.1) is 0 Å². The van der Waals surface area contributed by atoms with Crippen molar-refractivity contribution in [3.63, 3.8) is 0 Å². The Morgan fingerprint density at radius 3 is 2.72 bits per heavy atom. The second-order valence-corrected chi connectivity index (χ2v) is 7.02. The molecule has 2 aromatic heterocycles. The number of ether oxygens (including phenoxy) is 1. The number of nitrogens with zero attached hydrogens (tertiary/aromatic N) is 3. The molecule has 29 heavy (non-hydrogen) atoms. The van der Waals surface area contributed by atoms with Crippen LogP contribution in [-0.4, -0.2) is 33.2 Å². The smallest absolute Gasteiger partial charge is 0.221 e. The molecule has 0 unspecified atom stereocenters. The molecule has 154 valence electrons. The number of amides is 1. The van der Waals surface area contributed by atoms with E-state index in [1.165, 1.54) is 0 Å². The predicted octanol–water partition coefficient (Wildman–Crippen LogP) is 3.79. The highest BCUT2D eigenvalue weighted by Crippen LogP contribution is 2.23. The SMILES string of the molecule is CC[C@H](C)c1n[nH]c([C@H](C)NC(=O)CCc2ncc(-c3ccc(OC)cc3)o2)n1. The first kappa shape index (κ1) is 20.6. The van der Waals surface area contributed by atoms with Crippen LogP contribution in [0.4, 0.5) is 0 Å². The average molecular weight is 397 g/mol. The maximum absolute atomic E-state index is 12.3. The molecule has 0 fully saturated rings. The lowest BCUT2D eigenvalue weighted by Crippen LogP contribution is -2.27. The van der Waals surface area contributed by atoms with Crippen molar-refractivity contribution in [3.8, 4) is 17.1 Å². The highest BCUT2D eigenvalue weighted by atomic mass is 16.5. The summed E-state index contributed by atoms with van der Waals surface area (Å²) in [5, 5.41) is 10.1. The number of H-pyrrole nitrogens is 1. The molecule has 8 heteroatoms. The number of carbonyl (C=O) groups is 1. The fourth-order valence-corrected chi connectivity index (χ4v) is 2.80. The number of nitrogens with one attached hydrogen (secondary N) is 2. The Morgan fingerprint density at radius 2 is 2.03 bits per heavy atom. The molecule has 3 rings (SSSR count). The molecular formula is C21H27N5O3. The van der Waals surface area contributed by atoms with Crippen LogP contribution in [0.25, 0.3) is 11.3 Å².